The number of carbonyl (C=O) groups excluding carboxylic acids is 1. The normalized spacial score (nSPS) is 10.5. The molecule has 2 N–H and O–H groups in total. The van der Waals surface area contributed by atoms with Crippen molar-refractivity contribution in [3.8, 4) is 5.88 Å². The van der Waals surface area contributed by atoms with Gasteiger partial charge in [-0.3, -0.25) is 0 Å². The SMILES string of the molecule is CCOc1ncccc1CNC(=O)NCCOCC(C)C. The molecule has 1 heterocycles. The molecule has 0 fully saturated rings. The topological polar surface area (TPSA) is 72.5 Å². The van der Waals surface area contributed by atoms with Crippen LogP contribution in [0.15, 0.2) is 18.3 Å². The van der Waals surface area contributed by atoms with E-state index in [0.29, 0.717) is 44.7 Å². The fraction of sp³-hybridized carbons (Fsp3) is 0.600. The molecule has 118 valence electrons. The van der Waals surface area contributed by atoms with Crippen LogP contribution in [0.5, 0.6) is 5.88 Å². The molecule has 0 saturated carbocycles. The van der Waals surface area contributed by atoms with Gasteiger partial charge in [0, 0.05) is 31.5 Å². The lowest BCUT2D eigenvalue weighted by atomic mass is 10.2. The van der Waals surface area contributed by atoms with E-state index in [9.17, 15) is 4.79 Å². The molecule has 1 rings (SSSR count). The fourth-order valence-electron chi connectivity index (χ4n) is 1.62. The lowest BCUT2D eigenvalue weighted by molar-refractivity contribution is 0.112. The summed E-state index contributed by atoms with van der Waals surface area (Å²) in [5.41, 5.74) is 0.852. The van der Waals surface area contributed by atoms with Gasteiger partial charge in [-0.15, -0.1) is 0 Å². The first-order valence-electron chi connectivity index (χ1n) is 7.29. The summed E-state index contributed by atoms with van der Waals surface area (Å²) < 4.78 is 10.8. The van der Waals surface area contributed by atoms with E-state index in [0.717, 1.165) is 5.56 Å². The van der Waals surface area contributed by atoms with Crippen LogP contribution >= 0.6 is 0 Å². The summed E-state index contributed by atoms with van der Waals surface area (Å²) in [7, 11) is 0. The van der Waals surface area contributed by atoms with Gasteiger partial charge in [0.05, 0.1) is 13.2 Å². The Kier molecular flexibility index (Phi) is 8.19. The summed E-state index contributed by atoms with van der Waals surface area (Å²) in [6, 6.07) is 3.47. The van der Waals surface area contributed by atoms with Crippen LogP contribution in [0, 0.1) is 5.92 Å². The minimum atomic E-state index is -0.227. The number of amides is 2. The molecule has 0 saturated heterocycles. The third-order valence-electron chi connectivity index (χ3n) is 2.55. The number of urea groups is 1. The highest BCUT2D eigenvalue weighted by molar-refractivity contribution is 5.73. The van der Waals surface area contributed by atoms with Crippen molar-refractivity contribution >= 4 is 6.03 Å². The molecule has 0 atom stereocenters. The highest BCUT2D eigenvalue weighted by Crippen LogP contribution is 2.13. The predicted molar refractivity (Wildman–Crippen MR) is 81.3 cm³/mol. The maximum Gasteiger partial charge on any atom is 0.315 e. The zero-order valence-electron chi connectivity index (χ0n) is 13.0. The van der Waals surface area contributed by atoms with Crippen molar-refractivity contribution in [2.45, 2.75) is 27.3 Å². The summed E-state index contributed by atoms with van der Waals surface area (Å²) >= 11 is 0. The number of nitrogens with one attached hydrogen (secondary N) is 2. The van der Waals surface area contributed by atoms with Gasteiger partial charge in [0.15, 0.2) is 0 Å². The van der Waals surface area contributed by atoms with Gasteiger partial charge in [-0.05, 0) is 18.9 Å². The van der Waals surface area contributed by atoms with Crippen LogP contribution in [0.25, 0.3) is 0 Å². The molecule has 21 heavy (non-hydrogen) atoms. The Labute approximate surface area is 126 Å². The van der Waals surface area contributed by atoms with Gasteiger partial charge >= 0.3 is 6.03 Å². The Hall–Kier alpha value is -1.82. The number of nitrogens with zero attached hydrogens (tertiary/aromatic N) is 1. The van der Waals surface area contributed by atoms with Gasteiger partial charge in [-0.25, -0.2) is 9.78 Å². The van der Waals surface area contributed by atoms with Crippen LogP contribution < -0.4 is 15.4 Å². The average Bonchev–Trinajstić information content (AvgIpc) is 2.46. The quantitative estimate of drug-likeness (QED) is 0.683. The standard InChI is InChI=1S/C15H25N3O3/c1-4-21-14-13(6-5-7-16-14)10-18-15(19)17-8-9-20-11-12(2)3/h5-7,12H,4,8-11H2,1-3H3,(H2,17,18,19). The van der Waals surface area contributed by atoms with Crippen LogP contribution in [0.4, 0.5) is 4.79 Å². The van der Waals surface area contributed by atoms with E-state index in [1.807, 2.05) is 19.1 Å². The Morgan fingerprint density at radius 3 is 2.90 bits per heavy atom. The van der Waals surface area contributed by atoms with Crippen LogP contribution in [-0.4, -0.2) is 37.4 Å². The predicted octanol–water partition coefficient (Wildman–Crippen LogP) is 1.95. The minimum Gasteiger partial charge on any atom is -0.478 e. The van der Waals surface area contributed by atoms with Crippen molar-refractivity contribution in [2.24, 2.45) is 5.92 Å². The molecule has 0 bridgehead atoms. The number of ether oxygens (including phenoxy) is 2. The zero-order chi connectivity index (χ0) is 15.5. The highest BCUT2D eigenvalue weighted by Gasteiger charge is 2.06. The smallest absolute Gasteiger partial charge is 0.315 e. The summed E-state index contributed by atoms with van der Waals surface area (Å²) in [6.45, 7) is 8.71. The van der Waals surface area contributed by atoms with Gasteiger partial charge < -0.3 is 20.1 Å². The largest absolute Gasteiger partial charge is 0.478 e. The second kappa shape index (κ2) is 9.99. The number of carbonyl (C=O) groups is 1. The van der Waals surface area contributed by atoms with Crippen molar-refractivity contribution in [3.63, 3.8) is 0 Å². The average molecular weight is 295 g/mol. The third-order valence-corrected chi connectivity index (χ3v) is 2.55. The molecule has 6 nitrogen and oxygen atoms in total. The van der Waals surface area contributed by atoms with Crippen LogP contribution in [0.2, 0.25) is 0 Å². The Morgan fingerprint density at radius 1 is 1.38 bits per heavy atom. The van der Waals surface area contributed by atoms with Crippen molar-refractivity contribution in [2.75, 3.05) is 26.4 Å². The van der Waals surface area contributed by atoms with Gasteiger partial charge in [0.25, 0.3) is 0 Å². The van der Waals surface area contributed by atoms with Gasteiger partial charge in [0.2, 0.25) is 5.88 Å². The minimum absolute atomic E-state index is 0.227. The molecular formula is C15H25N3O3. The molecule has 1 aromatic heterocycles. The van der Waals surface area contributed by atoms with E-state index in [4.69, 9.17) is 9.47 Å². The van der Waals surface area contributed by atoms with E-state index in [-0.39, 0.29) is 6.03 Å². The van der Waals surface area contributed by atoms with Crippen LogP contribution in [-0.2, 0) is 11.3 Å². The van der Waals surface area contributed by atoms with E-state index in [1.54, 1.807) is 6.20 Å². The molecule has 0 unspecified atom stereocenters. The van der Waals surface area contributed by atoms with Gasteiger partial charge in [-0.1, -0.05) is 19.9 Å². The second-order valence-electron chi connectivity index (χ2n) is 4.98. The van der Waals surface area contributed by atoms with Crippen molar-refractivity contribution < 1.29 is 14.3 Å². The van der Waals surface area contributed by atoms with E-state index in [1.165, 1.54) is 0 Å². The van der Waals surface area contributed by atoms with Gasteiger partial charge in [-0.2, -0.15) is 0 Å². The molecule has 6 heteroatoms. The van der Waals surface area contributed by atoms with E-state index < -0.39 is 0 Å². The maximum absolute atomic E-state index is 11.6. The van der Waals surface area contributed by atoms with Crippen LogP contribution in [0.3, 0.4) is 0 Å². The lowest BCUT2D eigenvalue weighted by Gasteiger charge is -2.11. The Morgan fingerprint density at radius 2 is 2.19 bits per heavy atom. The molecule has 0 aliphatic rings. The number of rotatable bonds is 9. The number of aromatic nitrogens is 1. The van der Waals surface area contributed by atoms with Crippen molar-refractivity contribution in [1.82, 2.24) is 15.6 Å². The third kappa shape index (κ3) is 7.51. The first kappa shape index (κ1) is 17.2. The highest BCUT2D eigenvalue weighted by atomic mass is 16.5. The molecule has 2 amide bonds. The summed E-state index contributed by atoms with van der Waals surface area (Å²) in [4.78, 5) is 15.8. The molecule has 1 aromatic rings. The van der Waals surface area contributed by atoms with Crippen molar-refractivity contribution in [1.29, 1.82) is 0 Å². The zero-order valence-corrected chi connectivity index (χ0v) is 13.0. The summed E-state index contributed by atoms with van der Waals surface area (Å²) in [5, 5.41) is 5.51. The molecule has 0 aliphatic carbocycles. The molecule has 0 radical (unpaired) electrons. The Bertz CT molecular complexity index is 424. The lowest BCUT2D eigenvalue weighted by Crippen LogP contribution is -2.37. The molecular weight excluding hydrogens is 270 g/mol. The van der Waals surface area contributed by atoms with Gasteiger partial charge in [0.1, 0.15) is 0 Å². The monoisotopic (exact) mass is 295 g/mol. The number of hydrogen-bond acceptors (Lipinski definition) is 4. The first-order chi connectivity index (χ1) is 10.1. The fourth-order valence-corrected chi connectivity index (χ4v) is 1.62. The molecule has 0 spiro atoms. The van der Waals surface area contributed by atoms with Crippen molar-refractivity contribution in [3.05, 3.63) is 23.9 Å². The van der Waals surface area contributed by atoms with Crippen LogP contribution in [0.1, 0.15) is 26.3 Å². The number of hydrogen-bond donors (Lipinski definition) is 2. The molecule has 0 aromatic carbocycles. The second-order valence-corrected chi connectivity index (χ2v) is 4.98. The molecule has 0 aliphatic heterocycles. The summed E-state index contributed by atoms with van der Waals surface area (Å²) in [5.74, 6) is 1.06. The maximum atomic E-state index is 11.6. The van der Waals surface area contributed by atoms with E-state index in [2.05, 4.69) is 29.5 Å². The summed E-state index contributed by atoms with van der Waals surface area (Å²) in [6.07, 6.45) is 1.67. The number of pyridine rings is 1. The first-order valence-corrected chi connectivity index (χ1v) is 7.29. The Balaban J connectivity index is 2.24. The van der Waals surface area contributed by atoms with E-state index >= 15 is 0 Å².